The Bertz CT molecular complexity index is 868. The third kappa shape index (κ3) is 2.38. The van der Waals surface area contributed by atoms with Crippen LogP contribution in [0.1, 0.15) is 56.1 Å². The highest BCUT2D eigenvalue weighted by atomic mass is 19.1. The number of rotatable bonds is 4. The smallest absolute Gasteiger partial charge is 0.345 e. The molecule has 1 saturated heterocycles. The molecular formula is C17H20FN3O4. The fourth-order valence-electron chi connectivity index (χ4n) is 3.94. The second-order valence-electron chi connectivity index (χ2n) is 7.55. The van der Waals surface area contributed by atoms with Gasteiger partial charge in [-0.05, 0) is 40.0 Å². The van der Waals surface area contributed by atoms with E-state index in [9.17, 15) is 14.3 Å². The molecule has 7 nitrogen and oxygen atoms in total. The van der Waals surface area contributed by atoms with Gasteiger partial charge in [0.15, 0.2) is 5.56 Å². The molecule has 134 valence electrons. The Kier molecular flexibility index (Phi) is 3.34. The van der Waals surface area contributed by atoms with E-state index in [0.717, 1.165) is 23.7 Å². The first kappa shape index (κ1) is 16.3. The van der Waals surface area contributed by atoms with Crippen molar-refractivity contribution in [1.29, 1.82) is 0 Å². The summed E-state index contributed by atoms with van der Waals surface area (Å²) in [7, 11) is 0. The molecule has 1 saturated carbocycles. The summed E-state index contributed by atoms with van der Waals surface area (Å²) >= 11 is 0. The van der Waals surface area contributed by atoms with Crippen LogP contribution < -0.4 is 4.74 Å². The van der Waals surface area contributed by atoms with Crippen LogP contribution in [0.5, 0.6) is 5.88 Å². The van der Waals surface area contributed by atoms with Crippen LogP contribution in [0.2, 0.25) is 0 Å². The van der Waals surface area contributed by atoms with Crippen LogP contribution in [0.3, 0.4) is 0 Å². The zero-order chi connectivity index (χ0) is 18.0. The maximum Gasteiger partial charge on any atom is 0.345 e. The molecule has 3 heterocycles. The van der Waals surface area contributed by atoms with Crippen molar-refractivity contribution in [2.75, 3.05) is 6.61 Å². The average Bonchev–Trinajstić information content (AvgIpc) is 3.16. The Morgan fingerprint density at radius 1 is 1.44 bits per heavy atom. The number of hydrogen-bond acceptors (Lipinski definition) is 5. The van der Waals surface area contributed by atoms with E-state index < -0.39 is 17.5 Å². The van der Waals surface area contributed by atoms with E-state index in [1.165, 1.54) is 0 Å². The van der Waals surface area contributed by atoms with Crippen LogP contribution in [0.15, 0.2) is 6.20 Å². The van der Waals surface area contributed by atoms with Crippen LogP contribution in [0.4, 0.5) is 4.39 Å². The van der Waals surface area contributed by atoms with E-state index in [-0.39, 0.29) is 28.8 Å². The fraction of sp³-hybridized carbons (Fsp3) is 0.588. The van der Waals surface area contributed by atoms with Gasteiger partial charge in [0.1, 0.15) is 0 Å². The minimum atomic E-state index is -1.42. The molecule has 0 aromatic carbocycles. The summed E-state index contributed by atoms with van der Waals surface area (Å²) < 4.78 is 27.2. The van der Waals surface area contributed by atoms with Crippen molar-refractivity contribution in [3.8, 4) is 5.88 Å². The van der Waals surface area contributed by atoms with Gasteiger partial charge in [-0.3, -0.25) is 4.40 Å². The van der Waals surface area contributed by atoms with Gasteiger partial charge in [0.05, 0.1) is 24.0 Å². The Hall–Kier alpha value is -2.22. The second-order valence-corrected chi connectivity index (χ2v) is 7.55. The monoisotopic (exact) mass is 349 g/mol. The summed E-state index contributed by atoms with van der Waals surface area (Å²) in [4.78, 5) is 20.1. The number of nitrogens with zero attached hydrogens (tertiary/aromatic N) is 3. The number of aromatic nitrogens is 3. The number of carboxylic acids is 1. The molecule has 2 atom stereocenters. The van der Waals surface area contributed by atoms with Gasteiger partial charge in [0.2, 0.25) is 17.6 Å². The third-order valence-electron chi connectivity index (χ3n) is 5.17. The topological polar surface area (TPSA) is 86.0 Å². The minimum Gasteiger partial charge on any atom is -0.477 e. The Morgan fingerprint density at radius 2 is 2.20 bits per heavy atom. The summed E-state index contributed by atoms with van der Waals surface area (Å²) in [6.07, 6.45) is 3.88. The molecule has 2 fully saturated rings. The molecule has 0 unspecified atom stereocenters. The fourth-order valence-corrected chi connectivity index (χ4v) is 3.94. The number of hydrogen-bond donors (Lipinski definition) is 1. The highest BCUT2D eigenvalue weighted by Gasteiger charge is 2.55. The molecule has 8 heteroatoms. The van der Waals surface area contributed by atoms with Crippen molar-refractivity contribution in [1.82, 2.24) is 14.4 Å². The largest absolute Gasteiger partial charge is 0.477 e. The van der Waals surface area contributed by atoms with Crippen molar-refractivity contribution >= 4 is 11.7 Å². The van der Waals surface area contributed by atoms with E-state index in [0.29, 0.717) is 12.3 Å². The van der Waals surface area contributed by atoms with Crippen LogP contribution >= 0.6 is 0 Å². The molecule has 25 heavy (non-hydrogen) atoms. The molecule has 0 spiro atoms. The van der Waals surface area contributed by atoms with Crippen LogP contribution in [0.25, 0.3) is 5.78 Å². The van der Waals surface area contributed by atoms with Gasteiger partial charge >= 0.3 is 5.97 Å². The average molecular weight is 349 g/mol. The molecule has 4 rings (SSSR count). The standard InChI is InChI=1S/C17H20FN3O4/c1-9(2)25-13-11(14(22)23)12(18)21-6-10(19-15(21)20-13)17-5-4-16(3,7-17)24-8-17/h6,9H,4-5,7-8H2,1-3H3,(H,22,23)/t16-,17-/m0/s1. The van der Waals surface area contributed by atoms with Crippen molar-refractivity contribution in [2.24, 2.45) is 0 Å². The molecule has 1 aliphatic carbocycles. The van der Waals surface area contributed by atoms with E-state index in [2.05, 4.69) is 16.9 Å². The van der Waals surface area contributed by atoms with E-state index in [4.69, 9.17) is 9.47 Å². The quantitative estimate of drug-likeness (QED) is 0.854. The predicted molar refractivity (Wildman–Crippen MR) is 85.6 cm³/mol. The van der Waals surface area contributed by atoms with Gasteiger partial charge < -0.3 is 14.6 Å². The van der Waals surface area contributed by atoms with Gasteiger partial charge in [-0.15, -0.1) is 0 Å². The number of ether oxygens (including phenoxy) is 2. The summed E-state index contributed by atoms with van der Waals surface area (Å²) in [5.41, 5.74) is -0.295. The maximum atomic E-state index is 14.8. The molecular weight excluding hydrogens is 329 g/mol. The number of aromatic carboxylic acids is 1. The molecule has 2 aromatic heterocycles. The number of imidazole rings is 1. The molecule has 2 aliphatic rings. The number of carboxylic acid groups (broad SMARTS) is 1. The molecule has 1 N–H and O–H groups in total. The van der Waals surface area contributed by atoms with E-state index in [1.54, 1.807) is 20.0 Å². The molecule has 2 aromatic rings. The molecule has 0 amide bonds. The predicted octanol–water partition coefficient (Wildman–Crippen LogP) is 2.56. The number of halogens is 1. The second kappa shape index (κ2) is 5.14. The normalized spacial score (nSPS) is 28.2. The first-order valence-corrected chi connectivity index (χ1v) is 8.36. The first-order chi connectivity index (χ1) is 11.7. The summed E-state index contributed by atoms with van der Waals surface area (Å²) in [5.74, 6) is -2.50. The Labute approximate surface area is 143 Å². The number of fused-ring (bicyclic) bond motifs is 3. The lowest BCUT2D eigenvalue weighted by atomic mass is 9.84. The minimum absolute atomic E-state index is 0.100. The summed E-state index contributed by atoms with van der Waals surface area (Å²) in [6, 6.07) is 0. The summed E-state index contributed by atoms with van der Waals surface area (Å²) in [5, 5.41) is 9.36. The first-order valence-electron chi connectivity index (χ1n) is 8.36. The highest BCUT2D eigenvalue weighted by Crippen LogP contribution is 2.53. The molecule has 0 radical (unpaired) electrons. The van der Waals surface area contributed by atoms with Crippen molar-refractivity contribution in [3.63, 3.8) is 0 Å². The van der Waals surface area contributed by atoms with Crippen LogP contribution in [0, 0.1) is 5.95 Å². The van der Waals surface area contributed by atoms with Gasteiger partial charge in [-0.25, -0.2) is 9.78 Å². The van der Waals surface area contributed by atoms with Crippen LogP contribution in [-0.2, 0) is 10.2 Å². The summed E-state index contributed by atoms with van der Waals surface area (Å²) in [6.45, 7) is 6.06. The Balaban J connectivity index is 1.86. The van der Waals surface area contributed by atoms with E-state index in [1.807, 2.05) is 0 Å². The zero-order valence-corrected chi connectivity index (χ0v) is 14.4. The Morgan fingerprint density at radius 3 is 2.72 bits per heavy atom. The van der Waals surface area contributed by atoms with Crippen molar-refractivity contribution in [3.05, 3.63) is 23.4 Å². The lowest BCUT2D eigenvalue weighted by molar-refractivity contribution is -0.00627. The maximum absolute atomic E-state index is 14.8. The molecule has 2 bridgehead atoms. The molecule has 1 aliphatic heterocycles. The highest BCUT2D eigenvalue weighted by molar-refractivity contribution is 5.90. The third-order valence-corrected chi connectivity index (χ3v) is 5.17. The van der Waals surface area contributed by atoms with E-state index >= 15 is 0 Å². The van der Waals surface area contributed by atoms with Crippen LogP contribution in [-0.4, -0.2) is 43.8 Å². The van der Waals surface area contributed by atoms with Crippen molar-refractivity contribution < 1.29 is 23.8 Å². The number of carbonyl (C=O) groups is 1. The van der Waals surface area contributed by atoms with Crippen molar-refractivity contribution in [2.45, 2.75) is 57.2 Å². The zero-order valence-electron chi connectivity index (χ0n) is 14.4. The van der Waals surface area contributed by atoms with Gasteiger partial charge in [0.25, 0.3) is 0 Å². The SMILES string of the molecule is CC(C)Oc1nc2nc([C@@]34CC[C@@](C)(C3)OC4)cn2c(F)c1C(=O)O. The lowest BCUT2D eigenvalue weighted by Crippen LogP contribution is -2.26. The van der Waals surface area contributed by atoms with Gasteiger partial charge in [-0.1, -0.05) is 0 Å². The van der Waals surface area contributed by atoms with Gasteiger partial charge in [-0.2, -0.15) is 9.37 Å². The lowest BCUT2D eigenvalue weighted by Gasteiger charge is -2.24. The van der Waals surface area contributed by atoms with Gasteiger partial charge in [0, 0.05) is 11.6 Å².